The molecule has 0 fully saturated rings. The molecule has 0 saturated heterocycles. The van der Waals surface area contributed by atoms with E-state index in [0.29, 0.717) is 0 Å². The Morgan fingerprint density at radius 2 is 2.07 bits per heavy atom. The van der Waals surface area contributed by atoms with Crippen molar-refractivity contribution >= 4 is 22.9 Å². The molecule has 2 aromatic rings. The number of benzene rings is 1. The number of hydrogen-bond acceptors (Lipinski definition) is 1. The fraction of sp³-hybridized carbons (Fsp3) is 0.167. The fourth-order valence-corrected chi connectivity index (χ4v) is 2.39. The van der Waals surface area contributed by atoms with Gasteiger partial charge in [0, 0.05) is 10.6 Å². The average Bonchev–Trinajstić information content (AvgIpc) is 2.71. The number of hydrogen-bond donors (Lipinski definition) is 1. The standard InChI is InChI=1S/C12H12ClNS/c13-11-4-1-3-10(7-11)8-14-9-12-5-2-6-15-12/h1-7,14H,8-9H2/p+1. The number of nitrogens with two attached hydrogens (primary N) is 1. The molecule has 15 heavy (non-hydrogen) atoms. The van der Waals surface area contributed by atoms with Crippen molar-refractivity contribution in [1.29, 1.82) is 0 Å². The second-order valence-electron chi connectivity index (χ2n) is 3.41. The highest BCUT2D eigenvalue weighted by molar-refractivity contribution is 7.09. The second kappa shape index (κ2) is 5.31. The van der Waals surface area contributed by atoms with Crippen LogP contribution in [0, 0.1) is 0 Å². The third-order valence-electron chi connectivity index (χ3n) is 2.19. The van der Waals surface area contributed by atoms with Crippen LogP contribution in [0.1, 0.15) is 10.4 Å². The zero-order valence-corrected chi connectivity index (χ0v) is 9.89. The molecule has 3 heteroatoms. The van der Waals surface area contributed by atoms with Crippen molar-refractivity contribution in [1.82, 2.24) is 0 Å². The first-order valence-corrected chi connectivity index (χ1v) is 6.19. The maximum atomic E-state index is 5.91. The Balaban J connectivity index is 1.83. The smallest absolute Gasteiger partial charge is 0.111 e. The van der Waals surface area contributed by atoms with Crippen molar-refractivity contribution in [2.24, 2.45) is 0 Å². The van der Waals surface area contributed by atoms with Crippen molar-refractivity contribution in [3.8, 4) is 0 Å². The summed E-state index contributed by atoms with van der Waals surface area (Å²) in [6.07, 6.45) is 0. The first-order chi connectivity index (χ1) is 7.34. The van der Waals surface area contributed by atoms with Crippen LogP contribution in [0.15, 0.2) is 41.8 Å². The molecule has 0 saturated carbocycles. The quantitative estimate of drug-likeness (QED) is 0.844. The Hall–Kier alpha value is -0.830. The minimum atomic E-state index is 0.817. The lowest BCUT2D eigenvalue weighted by molar-refractivity contribution is -0.685. The van der Waals surface area contributed by atoms with Crippen LogP contribution in [0.4, 0.5) is 0 Å². The molecule has 78 valence electrons. The lowest BCUT2D eigenvalue weighted by Crippen LogP contribution is -2.80. The average molecular weight is 239 g/mol. The van der Waals surface area contributed by atoms with Crippen LogP contribution >= 0.6 is 22.9 Å². The summed E-state index contributed by atoms with van der Waals surface area (Å²) in [7, 11) is 0. The van der Waals surface area contributed by atoms with E-state index in [4.69, 9.17) is 11.6 Å². The van der Waals surface area contributed by atoms with Crippen LogP contribution < -0.4 is 5.32 Å². The highest BCUT2D eigenvalue weighted by Crippen LogP contribution is 2.09. The van der Waals surface area contributed by atoms with Crippen molar-refractivity contribution in [2.75, 3.05) is 0 Å². The molecule has 0 unspecified atom stereocenters. The van der Waals surface area contributed by atoms with Gasteiger partial charge in [0.25, 0.3) is 0 Å². The van der Waals surface area contributed by atoms with E-state index < -0.39 is 0 Å². The van der Waals surface area contributed by atoms with Crippen LogP contribution in [0.5, 0.6) is 0 Å². The summed E-state index contributed by atoms with van der Waals surface area (Å²) in [5, 5.41) is 5.22. The third-order valence-corrected chi connectivity index (χ3v) is 3.33. The van der Waals surface area contributed by atoms with Crippen LogP contribution in [0.3, 0.4) is 0 Å². The van der Waals surface area contributed by atoms with Crippen molar-refractivity contribution in [3.05, 3.63) is 57.2 Å². The van der Waals surface area contributed by atoms with E-state index in [1.807, 2.05) is 18.2 Å². The van der Waals surface area contributed by atoms with Crippen LogP contribution in [-0.2, 0) is 13.1 Å². The second-order valence-corrected chi connectivity index (χ2v) is 4.87. The van der Waals surface area contributed by atoms with Gasteiger partial charge in [0.15, 0.2) is 0 Å². The zero-order chi connectivity index (χ0) is 10.5. The fourth-order valence-electron chi connectivity index (χ4n) is 1.47. The van der Waals surface area contributed by atoms with E-state index in [-0.39, 0.29) is 0 Å². The minimum Gasteiger partial charge on any atom is -0.338 e. The molecule has 0 radical (unpaired) electrons. The molecule has 0 spiro atoms. The third kappa shape index (κ3) is 3.34. The molecule has 0 bridgehead atoms. The van der Waals surface area contributed by atoms with Crippen molar-refractivity contribution < 1.29 is 5.32 Å². The van der Waals surface area contributed by atoms with E-state index in [1.54, 1.807) is 11.3 Å². The largest absolute Gasteiger partial charge is 0.338 e. The van der Waals surface area contributed by atoms with Crippen molar-refractivity contribution in [2.45, 2.75) is 13.1 Å². The first-order valence-electron chi connectivity index (χ1n) is 4.93. The van der Waals surface area contributed by atoms with Gasteiger partial charge in [-0.15, -0.1) is 11.3 Å². The normalized spacial score (nSPS) is 10.5. The first kappa shape index (κ1) is 10.7. The Morgan fingerprint density at radius 1 is 1.13 bits per heavy atom. The summed E-state index contributed by atoms with van der Waals surface area (Å²) >= 11 is 7.72. The van der Waals surface area contributed by atoms with E-state index >= 15 is 0 Å². The number of quaternary nitrogens is 1. The Morgan fingerprint density at radius 3 is 2.80 bits per heavy atom. The lowest BCUT2D eigenvalue weighted by atomic mass is 10.2. The van der Waals surface area contributed by atoms with E-state index in [2.05, 4.69) is 28.9 Å². The molecule has 1 aromatic carbocycles. The molecular formula is C12H13ClNS+. The van der Waals surface area contributed by atoms with Crippen LogP contribution in [-0.4, -0.2) is 0 Å². The van der Waals surface area contributed by atoms with Gasteiger partial charge in [-0.25, -0.2) is 0 Å². The zero-order valence-electron chi connectivity index (χ0n) is 8.32. The summed E-state index contributed by atoms with van der Waals surface area (Å²) in [5.74, 6) is 0. The molecule has 1 heterocycles. The van der Waals surface area contributed by atoms with Gasteiger partial charge in [0.05, 0.1) is 4.88 Å². The molecule has 0 aliphatic carbocycles. The Labute approximate surface area is 98.7 Å². The predicted molar refractivity (Wildman–Crippen MR) is 65.1 cm³/mol. The van der Waals surface area contributed by atoms with Gasteiger partial charge < -0.3 is 5.32 Å². The van der Waals surface area contributed by atoms with Crippen molar-refractivity contribution in [3.63, 3.8) is 0 Å². The summed E-state index contributed by atoms with van der Waals surface area (Å²) in [6, 6.07) is 12.3. The van der Waals surface area contributed by atoms with Gasteiger partial charge in [-0.3, -0.25) is 0 Å². The lowest BCUT2D eigenvalue weighted by Gasteiger charge is -2.00. The highest BCUT2D eigenvalue weighted by Gasteiger charge is 1.98. The topological polar surface area (TPSA) is 16.6 Å². The molecule has 0 atom stereocenters. The van der Waals surface area contributed by atoms with Gasteiger partial charge >= 0.3 is 0 Å². The van der Waals surface area contributed by atoms with Gasteiger partial charge in [-0.05, 0) is 23.6 Å². The molecule has 0 aliphatic rings. The van der Waals surface area contributed by atoms with Gasteiger partial charge in [0.1, 0.15) is 13.1 Å². The Bertz CT molecular complexity index is 411. The SMILES string of the molecule is Clc1cccc(C[NH2+]Cc2cccs2)c1. The summed E-state index contributed by atoms with van der Waals surface area (Å²) in [6.45, 7) is 2.03. The van der Waals surface area contributed by atoms with E-state index in [9.17, 15) is 0 Å². The molecule has 0 amide bonds. The summed E-state index contributed by atoms with van der Waals surface area (Å²) < 4.78 is 0. The van der Waals surface area contributed by atoms with E-state index in [1.165, 1.54) is 10.4 Å². The molecule has 2 rings (SSSR count). The molecule has 1 aromatic heterocycles. The van der Waals surface area contributed by atoms with Gasteiger partial charge in [-0.2, -0.15) is 0 Å². The summed E-state index contributed by atoms with van der Waals surface area (Å²) in [5.41, 5.74) is 1.28. The molecule has 1 nitrogen and oxygen atoms in total. The van der Waals surface area contributed by atoms with Crippen LogP contribution in [0.25, 0.3) is 0 Å². The number of rotatable bonds is 4. The number of thiophene rings is 1. The number of halogens is 1. The van der Waals surface area contributed by atoms with Crippen LogP contribution in [0.2, 0.25) is 5.02 Å². The van der Waals surface area contributed by atoms with Gasteiger partial charge in [0.2, 0.25) is 0 Å². The monoisotopic (exact) mass is 238 g/mol. The highest BCUT2D eigenvalue weighted by atomic mass is 35.5. The Kier molecular flexibility index (Phi) is 3.78. The molecule has 2 N–H and O–H groups in total. The predicted octanol–water partition coefficient (Wildman–Crippen LogP) is 2.67. The minimum absolute atomic E-state index is 0.817. The van der Waals surface area contributed by atoms with E-state index in [0.717, 1.165) is 18.1 Å². The summed E-state index contributed by atoms with van der Waals surface area (Å²) in [4.78, 5) is 1.41. The maximum absolute atomic E-state index is 5.91. The molecular weight excluding hydrogens is 226 g/mol. The molecule has 0 aliphatic heterocycles. The van der Waals surface area contributed by atoms with Gasteiger partial charge in [-0.1, -0.05) is 29.8 Å². The maximum Gasteiger partial charge on any atom is 0.111 e.